The number of carboxylic acids is 1. The van der Waals surface area contributed by atoms with Crippen LogP contribution >= 0.6 is 0 Å². The van der Waals surface area contributed by atoms with Crippen LogP contribution in [-0.2, 0) is 23.2 Å². The number of hydrogen-bond donors (Lipinski definition) is 1. The van der Waals surface area contributed by atoms with Crippen molar-refractivity contribution >= 4 is 22.8 Å². The van der Waals surface area contributed by atoms with Crippen LogP contribution in [0.1, 0.15) is 31.2 Å². The molecular formula is C18H21N4NaO3. The van der Waals surface area contributed by atoms with E-state index in [1.807, 2.05) is 36.3 Å². The summed E-state index contributed by atoms with van der Waals surface area (Å²) in [4.78, 5) is 25.8. The number of rotatable bonds is 5. The van der Waals surface area contributed by atoms with Crippen LogP contribution in [0.2, 0.25) is 0 Å². The Labute approximate surface area is 174 Å². The Kier molecular flexibility index (Phi) is 5.72. The van der Waals surface area contributed by atoms with E-state index in [1.54, 1.807) is 4.68 Å². The first kappa shape index (κ1) is 19.4. The maximum Gasteiger partial charge on any atom is 1.00 e. The summed E-state index contributed by atoms with van der Waals surface area (Å²) in [6.45, 7) is 0.422. The fraction of sp³-hybridized carbons (Fsp3) is 0.500. The SMILES string of the molecule is Cn1ncc2ccc(CNC(=O)C3CCC(C(=O)[O-])N3C3CC3)cc21.[Na+]. The Bertz CT molecular complexity index is 833. The minimum Gasteiger partial charge on any atom is -0.548 e. The van der Waals surface area contributed by atoms with E-state index in [1.165, 1.54) is 0 Å². The van der Waals surface area contributed by atoms with Crippen molar-refractivity contribution in [1.29, 1.82) is 0 Å². The molecular weight excluding hydrogens is 343 g/mol. The number of aromatic nitrogens is 2. The molecule has 132 valence electrons. The Morgan fingerprint density at radius 2 is 1.96 bits per heavy atom. The number of fused-ring (bicyclic) bond motifs is 1. The zero-order valence-corrected chi connectivity index (χ0v) is 17.1. The fourth-order valence-corrected chi connectivity index (χ4v) is 3.83. The van der Waals surface area contributed by atoms with Crippen molar-refractivity contribution in [3.05, 3.63) is 30.0 Å². The molecule has 7 nitrogen and oxygen atoms in total. The van der Waals surface area contributed by atoms with Crippen molar-refractivity contribution in [3.8, 4) is 0 Å². The first-order valence-electron chi connectivity index (χ1n) is 8.71. The van der Waals surface area contributed by atoms with Gasteiger partial charge in [0.2, 0.25) is 5.91 Å². The largest absolute Gasteiger partial charge is 1.00 e. The number of carbonyl (C=O) groups is 2. The third kappa shape index (κ3) is 3.67. The number of aryl methyl sites for hydroxylation is 1. The monoisotopic (exact) mass is 364 g/mol. The number of carboxylic acid groups (broad SMARTS) is 1. The third-order valence-corrected chi connectivity index (χ3v) is 5.26. The number of aliphatic carboxylic acids is 1. The van der Waals surface area contributed by atoms with Gasteiger partial charge in [-0.05, 0) is 37.3 Å². The molecule has 1 aliphatic carbocycles. The van der Waals surface area contributed by atoms with Gasteiger partial charge in [0.15, 0.2) is 0 Å². The van der Waals surface area contributed by atoms with Gasteiger partial charge in [-0.25, -0.2) is 0 Å². The first-order chi connectivity index (χ1) is 12.0. The standard InChI is InChI=1S/C18H22N4O3.Na/c1-21-16-8-11(2-3-12(16)10-20-21)9-19-17(23)14-6-7-15(18(24)25)22(14)13-4-5-13;/h2-3,8,10,13-15H,4-7,9H2,1H3,(H,19,23)(H,24,25);/q;+1/p-1. The number of likely N-dealkylation sites (tertiary alicyclic amines) is 1. The molecule has 8 heteroatoms. The van der Waals surface area contributed by atoms with E-state index in [2.05, 4.69) is 10.4 Å². The molecule has 1 aliphatic heterocycles. The quantitative estimate of drug-likeness (QED) is 0.569. The second kappa shape index (κ2) is 7.68. The van der Waals surface area contributed by atoms with Crippen molar-refractivity contribution in [2.45, 2.75) is 50.4 Å². The first-order valence-corrected chi connectivity index (χ1v) is 8.71. The Morgan fingerprint density at radius 1 is 1.23 bits per heavy atom. The van der Waals surface area contributed by atoms with Gasteiger partial charge in [-0.3, -0.25) is 14.4 Å². The van der Waals surface area contributed by atoms with Crippen LogP contribution in [0.3, 0.4) is 0 Å². The van der Waals surface area contributed by atoms with E-state index in [0.717, 1.165) is 29.3 Å². The van der Waals surface area contributed by atoms with Gasteiger partial charge in [-0.1, -0.05) is 12.1 Å². The second-order valence-corrected chi connectivity index (χ2v) is 6.99. The molecule has 2 aromatic rings. The average Bonchev–Trinajstić information content (AvgIpc) is 3.23. The van der Waals surface area contributed by atoms with Gasteiger partial charge in [-0.2, -0.15) is 5.10 Å². The molecule has 1 N–H and O–H groups in total. The van der Waals surface area contributed by atoms with E-state index >= 15 is 0 Å². The normalized spacial score (nSPS) is 23.0. The molecule has 2 heterocycles. The molecule has 2 fully saturated rings. The molecule has 0 spiro atoms. The number of nitrogens with one attached hydrogen (secondary N) is 1. The molecule has 1 aromatic carbocycles. The van der Waals surface area contributed by atoms with E-state index < -0.39 is 12.0 Å². The fourth-order valence-electron chi connectivity index (χ4n) is 3.83. The van der Waals surface area contributed by atoms with Crippen LogP contribution < -0.4 is 40.0 Å². The number of benzene rings is 1. The third-order valence-electron chi connectivity index (χ3n) is 5.26. The molecule has 2 aliphatic rings. The zero-order chi connectivity index (χ0) is 17.6. The van der Waals surface area contributed by atoms with Crippen molar-refractivity contribution in [1.82, 2.24) is 20.0 Å². The summed E-state index contributed by atoms with van der Waals surface area (Å²) >= 11 is 0. The summed E-state index contributed by atoms with van der Waals surface area (Å²) in [5.74, 6) is -1.16. The summed E-state index contributed by atoms with van der Waals surface area (Å²) in [5, 5.41) is 19.6. The van der Waals surface area contributed by atoms with Crippen LogP contribution in [0.25, 0.3) is 10.9 Å². The summed E-state index contributed by atoms with van der Waals surface area (Å²) in [6.07, 6.45) is 4.79. The summed E-state index contributed by atoms with van der Waals surface area (Å²) < 4.78 is 1.80. The predicted molar refractivity (Wildman–Crippen MR) is 89.2 cm³/mol. The van der Waals surface area contributed by atoms with Crippen LogP contribution in [0.4, 0.5) is 0 Å². The molecule has 4 rings (SSSR count). The molecule has 2 unspecified atom stereocenters. The molecule has 1 saturated carbocycles. The average molecular weight is 364 g/mol. The molecule has 0 radical (unpaired) electrons. The van der Waals surface area contributed by atoms with Crippen molar-refractivity contribution in [3.63, 3.8) is 0 Å². The van der Waals surface area contributed by atoms with E-state index in [9.17, 15) is 14.7 Å². The molecule has 1 saturated heterocycles. The smallest absolute Gasteiger partial charge is 0.548 e. The van der Waals surface area contributed by atoms with Gasteiger partial charge in [0, 0.05) is 25.0 Å². The van der Waals surface area contributed by atoms with E-state index in [0.29, 0.717) is 19.4 Å². The van der Waals surface area contributed by atoms with Gasteiger partial charge in [0.1, 0.15) is 0 Å². The van der Waals surface area contributed by atoms with Crippen LogP contribution in [0.15, 0.2) is 24.4 Å². The van der Waals surface area contributed by atoms with Crippen molar-refractivity contribution in [2.75, 3.05) is 0 Å². The summed E-state index contributed by atoms with van der Waals surface area (Å²) in [5.41, 5.74) is 2.01. The topological polar surface area (TPSA) is 90.3 Å². The summed E-state index contributed by atoms with van der Waals surface area (Å²) in [6, 6.07) is 5.19. The molecule has 1 amide bonds. The minimum atomic E-state index is -1.07. The van der Waals surface area contributed by atoms with Crippen LogP contribution in [0.5, 0.6) is 0 Å². The second-order valence-electron chi connectivity index (χ2n) is 6.99. The van der Waals surface area contributed by atoms with E-state index in [4.69, 9.17) is 0 Å². The van der Waals surface area contributed by atoms with Crippen molar-refractivity contribution in [2.24, 2.45) is 7.05 Å². The molecule has 2 atom stereocenters. The van der Waals surface area contributed by atoms with Crippen LogP contribution in [-0.4, -0.2) is 44.7 Å². The Balaban J connectivity index is 0.00000196. The maximum atomic E-state index is 12.6. The molecule has 0 bridgehead atoms. The van der Waals surface area contributed by atoms with Gasteiger partial charge in [-0.15, -0.1) is 0 Å². The van der Waals surface area contributed by atoms with Gasteiger partial charge in [0.25, 0.3) is 0 Å². The minimum absolute atomic E-state index is 0. The number of nitrogens with zero attached hydrogens (tertiary/aromatic N) is 3. The number of amides is 1. The van der Waals surface area contributed by atoms with E-state index in [-0.39, 0.29) is 47.5 Å². The number of carbonyl (C=O) groups excluding carboxylic acids is 2. The Hall–Kier alpha value is -1.41. The van der Waals surface area contributed by atoms with Gasteiger partial charge in [0.05, 0.1) is 29.8 Å². The molecule has 1 aromatic heterocycles. The summed E-state index contributed by atoms with van der Waals surface area (Å²) in [7, 11) is 1.89. The predicted octanol–water partition coefficient (Wildman–Crippen LogP) is -3.06. The zero-order valence-electron chi connectivity index (χ0n) is 15.1. The van der Waals surface area contributed by atoms with Gasteiger partial charge >= 0.3 is 29.6 Å². The van der Waals surface area contributed by atoms with Crippen molar-refractivity contribution < 1.29 is 44.3 Å². The molecule has 26 heavy (non-hydrogen) atoms. The number of hydrogen-bond acceptors (Lipinski definition) is 5. The van der Waals surface area contributed by atoms with Crippen LogP contribution in [0, 0.1) is 0 Å². The maximum absolute atomic E-state index is 12.6. The Morgan fingerprint density at radius 3 is 2.65 bits per heavy atom. The van der Waals surface area contributed by atoms with Gasteiger partial charge < -0.3 is 15.2 Å².